The van der Waals surface area contributed by atoms with E-state index < -0.39 is 10.0 Å². The topological polar surface area (TPSA) is 72.2 Å². The molecular weight excluding hydrogens is 291 g/mol. The summed E-state index contributed by atoms with van der Waals surface area (Å²) in [6.07, 6.45) is 0.500. The maximum atomic E-state index is 13.0. The number of nitrogens with two attached hydrogens (primary N) is 1. The highest BCUT2D eigenvalue weighted by Crippen LogP contribution is 2.13. The Morgan fingerprint density at radius 3 is 2.43 bits per heavy atom. The van der Waals surface area contributed by atoms with E-state index in [2.05, 4.69) is 4.72 Å². The van der Waals surface area contributed by atoms with E-state index in [0.29, 0.717) is 12.1 Å². The van der Waals surface area contributed by atoms with Gasteiger partial charge in [-0.2, -0.15) is 0 Å². The van der Waals surface area contributed by atoms with Crippen molar-refractivity contribution in [1.82, 2.24) is 4.72 Å². The van der Waals surface area contributed by atoms with E-state index in [9.17, 15) is 12.8 Å². The van der Waals surface area contributed by atoms with Crippen molar-refractivity contribution in [2.75, 3.05) is 12.3 Å². The van der Waals surface area contributed by atoms with Gasteiger partial charge in [0.05, 0.1) is 4.90 Å². The van der Waals surface area contributed by atoms with Gasteiger partial charge in [0.2, 0.25) is 10.0 Å². The molecule has 0 heterocycles. The van der Waals surface area contributed by atoms with E-state index in [1.54, 1.807) is 25.1 Å². The van der Waals surface area contributed by atoms with Crippen LogP contribution in [0.3, 0.4) is 0 Å². The van der Waals surface area contributed by atoms with Crippen molar-refractivity contribution in [3.8, 4) is 0 Å². The third kappa shape index (κ3) is 4.03. The van der Waals surface area contributed by atoms with Crippen molar-refractivity contribution in [1.29, 1.82) is 0 Å². The molecule has 6 heteroatoms. The molecule has 0 saturated heterocycles. The van der Waals surface area contributed by atoms with Crippen LogP contribution in [0, 0.1) is 12.7 Å². The molecule has 0 aromatic heterocycles. The summed E-state index contributed by atoms with van der Waals surface area (Å²) in [4.78, 5) is 0.174. The van der Waals surface area contributed by atoms with Crippen LogP contribution in [0.25, 0.3) is 0 Å². The third-order valence-electron chi connectivity index (χ3n) is 3.18. The smallest absolute Gasteiger partial charge is 0.240 e. The lowest BCUT2D eigenvalue weighted by Crippen LogP contribution is -2.26. The van der Waals surface area contributed by atoms with E-state index >= 15 is 0 Å². The Labute approximate surface area is 123 Å². The van der Waals surface area contributed by atoms with Crippen molar-refractivity contribution in [2.45, 2.75) is 18.2 Å². The second-order valence-corrected chi connectivity index (χ2v) is 6.55. The molecule has 0 bridgehead atoms. The zero-order valence-electron chi connectivity index (χ0n) is 11.6. The molecule has 3 N–H and O–H groups in total. The van der Waals surface area contributed by atoms with Crippen LogP contribution < -0.4 is 10.5 Å². The van der Waals surface area contributed by atoms with Gasteiger partial charge in [-0.1, -0.05) is 6.07 Å². The van der Waals surface area contributed by atoms with E-state index in [1.807, 2.05) is 0 Å². The highest BCUT2D eigenvalue weighted by Gasteiger charge is 2.13. The van der Waals surface area contributed by atoms with Gasteiger partial charge in [-0.25, -0.2) is 17.5 Å². The standard InChI is InChI=1S/C15H17FN2O2S/c1-11-10-13(16)3-2-12(11)8-9-18-21(19,20)15-6-4-14(17)5-7-15/h2-7,10,18H,8-9,17H2,1H3. The number of nitrogen functional groups attached to an aromatic ring is 1. The lowest BCUT2D eigenvalue weighted by molar-refractivity contribution is 0.581. The Morgan fingerprint density at radius 1 is 1.14 bits per heavy atom. The monoisotopic (exact) mass is 308 g/mol. The normalized spacial score (nSPS) is 11.5. The Bertz CT molecular complexity index is 728. The van der Waals surface area contributed by atoms with E-state index in [1.165, 1.54) is 24.3 Å². The number of sulfonamides is 1. The first-order chi connectivity index (χ1) is 9.88. The minimum atomic E-state index is -3.55. The molecule has 4 nitrogen and oxygen atoms in total. The summed E-state index contributed by atoms with van der Waals surface area (Å²) < 4.78 is 39.6. The van der Waals surface area contributed by atoms with Crippen LogP contribution in [0.2, 0.25) is 0 Å². The second-order valence-electron chi connectivity index (χ2n) is 4.79. The van der Waals surface area contributed by atoms with Crippen LogP contribution >= 0.6 is 0 Å². The zero-order valence-corrected chi connectivity index (χ0v) is 12.5. The van der Waals surface area contributed by atoms with E-state index in [-0.39, 0.29) is 17.3 Å². The van der Waals surface area contributed by atoms with E-state index in [4.69, 9.17) is 5.73 Å². The van der Waals surface area contributed by atoms with Crippen LogP contribution in [0.15, 0.2) is 47.4 Å². The molecule has 0 aliphatic carbocycles. The van der Waals surface area contributed by atoms with Crippen LogP contribution in [-0.4, -0.2) is 15.0 Å². The van der Waals surface area contributed by atoms with Crippen LogP contribution in [0.5, 0.6) is 0 Å². The van der Waals surface area contributed by atoms with Crippen molar-refractivity contribution in [3.63, 3.8) is 0 Å². The van der Waals surface area contributed by atoms with Gasteiger partial charge in [0.15, 0.2) is 0 Å². The first-order valence-corrected chi connectivity index (χ1v) is 7.97. The Balaban J connectivity index is 2.00. The Kier molecular flexibility index (Phi) is 4.59. The summed E-state index contributed by atoms with van der Waals surface area (Å²) >= 11 is 0. The molecule has 0 amide bonds. The number of hydrogen-bond donors (Lipinski definition) is 2. The molecule has 2 aromatic rings. The number of aryl methyl sites for hydroxylation is 1. The Morgan fingerprint density at radius 2 is 1.81 bits per heavy atom. The summed E-state index contributed by atoms with van der Waals surface area (Å²) in [6.45, 7) is 2.05. The van der Waals surface area contributed by atoms with Gasteiger partial charge in [0, 0.05) is 12.2 Å². The van der Waals surface area contributed by atoms with Crippen molar-refractivity contribution >= 4 is 15.7 Å². The number of halogens is 1. The molecule has 21 heavy (non-hydrogen) atoms. The van der Waals surface area contributed by atoms with Gasteiger partial charge in [-0.05, 0) is 60.9 Å². The first kappa shape index (κ1) is 15.5. The Hall–Kier alpha value is -1.92. The summed E-state index contributed by atoms with van der Waals surface area (Å²) in [5, 5.41) is 0. The molecule has 112 valence electrons. The minimum Gasteiger partial charge on any atom is -0.399 e. The lowest BCUT2D eigenvalue weighted by Gasteiger charge is -2.09. The molecule has 0 aliphatic heterocycles. The lowest BCUT2D eigenvalue weighted by atomic mass is 10.1. The molecule has 0 saturated carbocycles. The van der Waals surface area contributed by atoms with Gasteiger partial charge < -0.3 is 5.73 Å². The molecule has 0 unspecified atom stereocenters. The summed E-state index contributed by atoms with van der Waals surface area (Å²) in [7, 11) is -3.55. The highest BCUT2D eigenvalue weighted by molar-refractivity contribution is 7.89. The van der Waals surface area contributed by atoms with Gasteiger partial charge in [0.25, 0.3) is 0 Å². The molecule has 0 atom stereocenters. The highest BCUT2D eigenvalue weighted by atomic mass is 32.2. The zero-order chi connectivity index (χ0) is 15.5. The maximum absolute atomic E-state index is 13.0. The predicted octanol–water partition coefficient (Wildman–Crippen LogP) is 2.24. The fraction of sp³-hybridized carbons (Fsp3) is 0.200. The molecule has 0 radical (unpaired) electrons. The van der Waals surface area contributed by atoms with Gasteiger partial charge in [-0.15, -0.1) is 0 Å². The fourth-order valence-electron chi connectivity index (χ4n) is 1.99. The van der Waals surface area contributed by atoms with Crippen molar-refractivity contribution in [2.24, 2.45) is 0 Å². The number of benzene rings is 2. The van der Waals surface area contributed by atoms with Crippen LogP contribution in [-0.2, 0) is 16.4 Å². The van der Waals surface area contributed by atoms with Crippen LogP contribution in [0.4, 0.5) is 10.1 Å². The molecule has 0 aliphatic rings. The first-order valence-electron chi connectivity index (χ1n) is 6.49. The number of nitrogens with one attached hydrogen (secondary N) is 1. The summed E-state index contributed by atoms with van der Waals surface area (Å²) in [6, 6.07) is 10.5. The second kappa shape index (κ2) is 6.24. The largest absolute Gasteiger partial charge is 0.399 e. The molecular formula is C15H17FN2O2S. The van der Waals surface area contributed by atoms with Gasteiger partial charge in [-0.3, -0.25) is 0 Å². The number of hydrogen-bond acceptors (Lipinski definition) is 3. The van der Waals surface area contributed by atoms with Crippen molar-refractivity contribution < 1.29 is 12.8 Å². The summed E-state index contributed by atoms with van der Waals surface area (Å²) in [5.74, 6) is -0.293. The van der Waals surface area contributed by atoms with Crippen LogP contribution in [0.1, 0.15) is 11.1 Å². The summed E-state index contributed by atoms with van der Waals surface area (Å²) in [5.41, 5.74) is 7.76. The number of rotatable bonds is 5. The molecule has 0 spiro atoms. The van der Waals surface area contributed by atoms with E-state index in [0.717, 1.165) is 11.1 Å². The fourth-order valence-corrected chi connectivity index (χ4v) is 3.02. The molecule has 2 rings (SSSR count). The van der Waals surface area contributed by atoms with Gasteiger partial charge in [0.1, 0.15) is 5.82 Å². The average molecular weight is 308 g/mol. The van der Waals surface area contributed by atoms with Gasteiger partial charge >= 0.3 is 0 Å². The number of anilines is 1. The quantitative estimate of drug-likeness (QED) is 0.832. The minimum absolute atomic E-state index is 0.174. The molecule has 0 fully saturated rings. The maximum Gasteiger partial charge on any atom is 0.240 e. The predicted molar refractivity (Wildman–Crippen MR) is 80.9 cm³/mol. The average Bonchev–Trinajstić information content (AvgIpc) is 2.41. The SMILES string of the molecule is Cc1cc(F)ccc1CCNS(=O)(=O)c1ccc(N)cc1. The van der Waals surface area contributed by atoms with Crippen molar-refractivity contribution in [3.05, 3.63) is 59.4 Å². The molecule has 2 aromatic carbocycles. The third-order valence-corrected chi connectivity index (χ3v) is 4.66.